The Hall–Kier alpha value is -1.98. The van der Waals surface area contributed by atoms with Crippen LogP contribution in [-0.4, -0.2) is 39.3 Å². The van der Waals surface area contributed by atoms with Gasteiger partial charge < -0.3 is 15.3 Å². The molecule has 1 rings (SSSR count). The average molecular weight is 376 g/mol. The van der Waals surface area contributed by atoms with Crippen LogP contribution in [0.5, 0.6) is 0 Å². The summed E-state index contributed by atoms with van der Waals surface area (Å²) in [5, 5.41) is 28.7. The second-order valence-electron chi connectivity index (χ2n) is 6.84. The summed E-state index contributed by atoms with van der Waals surface area (Å²) in [4.78, 5) is 22.5. The smallest absolute Gasteiger partial charge is 0.303 e. The second-order valence-corrected chi connectivity index (χ2v) is 6.84. The van der Waals surface area contributed by atoms with Gasteiger partial charge in [0, 0.05) is 24.7 Å². The molecule has 150 valence electrons. The van der Waals surface area contributed by atoms with E-state index in [-0.39, 0.29) is 30.5 Å². The van der Waals surface area contributed by atoms with Gasteiger partial charge in [-0.15, -0.1) is 0 Å². The van der Waals surface area contributed by atoms with E-state index in [1.54, 1.807) is 12.2 Å². The molecule has 5 heteroatoms. The highest BCUT2D eigenvalue weighted by Crippen LogP contribution is 2.33. The van der Waals surface area contributed by atoms with Crippen molar-refractivity contribution in [1.82, 2.24) is 0 Å². The number of rotatable bonds is 12. The third-order valence-electron chi connectivity index (χ3n) is 4.60. The summed E-state index contributed by atoms with van der Waals surface area (Å²) >= 11 is 0. The Bertz CT molecular complexity index is 573. The zero-order chi connectivity index (χ0) is 20.1. The number of aliphatic hydroxyl groups is 2. The van der Waals surface area contributed by atoms with E-state index >= 15 is 0 Å². The highest BCUT2D eigenvalue weighted by molar-refractivity contribution is 5.86. The number of aliphatic carboxylic acids is 1. The number of ketones is 1. The van der Waals surface area contributed by atoms with Crippen molar-refractivity contribution in [2.45, 2.75) is 64.1 Å². The number of allylic oxidation sites excluding steroid dienone is 6. The minimum absolute atomic E-state index is 0.0158. The van der Waals surface area contributed by atoms with Gasteiger partial charge in [0.25, 0.3) is 0 Å². The van der Waals surface area contributed by atoms with Gasteiger partial charge in [-0.2, -0.15) is 0 Å². The Kier molecular flexibility index (Phi) is 11.3. The van der Waals surface area contributed by atoms with Gasteiger partial charge in [0.15, 0.2) is 0 Å². The Morgan fingerprint density at radius 2 is 1.93 bits per heavy atom. The first-order valence-electron chi connectivity index (χ1n) is 9.69. The lowest BCUT2D eigenvalue weighted by atomic mass is 9.90. The molecule has 0 aliphatic heterocycles. The molecule has 27 heavy (non-hydrogen) atoms. The number of Topliss-reactive ketones (excluding diaryl/α,β-unsaturated/α-hetero) is 1. The number of carbonyl (C=O) groups excluding carboxylic acids is 1. The normalized spacial score (nSPS) is 24.9. The minimum Gasteiger partial charge on any atom is -0.481 e. The molecular weight excluding hydrogens is 344 g/mol. The summed E-state index contributed by atoms with van der Waals surface area (Å²) < 4.78 is 0. The fourth-order valence-corrected chi connectivity index (χ4v) is 3.10. The molecule has 0 aromatic heterocycles. The van der Waals surface area contributed by atoms with Gasteiger partial charge in [0.1, 0.15) is 5.78 Å². The van der Waals surface area contributed by atoms with Crippen LogP contribution >= 0.6 is 0 Å². The lowest BCUT2D eigenvalue weighted by Crippen LogP contribution is -2.19. The highest BCUT2D eigenvalue weighted by atomic mass is 16.4. The molecule has 0 radical (unpaired) electrons. The Labute approximate surface area is 161 Å². The van der Waals surface area contributed by atoms with Gasteiger partial charge in [0.05, 0.1) is 12.2 Å². The molecule has 1 saturated carbocycles. The minimum atomic E-state index is -0.805. The van der Waals surface area contributed by atoms with Crippen molar-refractivity contribution in [2.24, 2.45) is 11.8 Å². The zero-order valence-corrected chi connectivity index (χ0v) is 16.0. The highest BCUT2D eigenvalue weighted by Gasteiger charge is 2.39. The lowest BCUT2D eigenvalue weighted by molar-refractivity contribution is -0.136. The van der Waals surface area contributed by atoms with Gasteiger partial charge in [0.2, 0.25) is 0 Å². The van der Waals surface area contributed by atoms with Crippen molar-refractivity contribution in [3.8, 4) is 0 Å². The lowest BCUT2D eigenvalue weighted by Gasteiger charge is -2.16. The van der Waals surface area contributed by atoms with Crippen molar-refractivity contribution in [3.05, 3.63) is 48.6 Å². The molecule has 0 saturated heterocycles. The second kappa shape index (κ2) is 13.2. The van der Waals surface area contributed by atoms with Gasteiger partial charge >= 0.3 is 5.97 Å². The molecule has 0 amide bonds. The van der Waals surface area contributed by atoms with Gasteiger partial charge in [-0.25, -0.2) is 0 Å². The zero-order valence-electron chi connectivity index (χ0n) is 16.0. The molecule has 0 heterocycles. The van der Waals surface area contributed by atoms with E-state index in [1.807, 2.05) is 43.4 Å². The molecule has 4 atom stereocenters. The van der Waals surface area contributed by atoms with Gasteiger partial charge in [-0.05, 0) is 32.1 Å². The molecule has 3 N–H and O–H groups in total. The van der Waals surface area contributed by atoms with Crippen LogP contribution in [0.1, 0.15) is 51.9 Å². The van der Waals surface area contributed by atoms with Gasteiger partial charge in [-0.1, -0.05) is 55.5 Å². The number of hydrogen-bond acceptors (Lipinski definition) is 4. The summed E-state index contributed by atoms with van der Waals surface area (Å²) in [5.41, 5.74) is 0. The molecule has 0 aromatic carbocycles. The van der Waals surface area contributed by atoms with Crippen molar-refractivity contribution >= 4 is 11.8 Å². The monoisotopic (exact) mass is 376 g/mol. The molecule has 1 aliphatic carbocycles. The van der Waals surface area contributed by atoms with Crippen molar-refractivity contribution in [3.63, 3.8) is 0 Å². The summed E-state index contributed by atoms with van der Waals surface area (Å²) in [5.74, 6) is -1.32. The molecule has 0 spiro atoms. The van der Waals surface area contributed by atoms with Crippen LogP contribution < -0.4 is 0 Å². The van der Waals surface area contributed by atoms with E-state index in [0.717, 1.165) is 6.42 Å². The van der Waals surface area contributed by atoms with E-state index in [4.69, 9.17) is 5.11 Å². The van der Waals surface area contributed by atoms with Crippen molar-refractivity contribution in [1.29, 1.82) is 0 Å². The van der Waals surface area contributed by atoms with E-state index in [9.17, 15) is 19.8 Å². The van der Waals surface area contributed by atoms with Crippen molar-refractivity contribution < 1.29 is 24.9 Å². The Balaban J connectivity index is 2.48. The topological polar surface area (TPSA) is 94.8 Å². The molecule has 0 bridgehead atoms. The van der Waals surface area contributed by atoms with E-state index in [0.29, 0.717) is 25.7 Å². The maximum atomic E-state index is 12.1. The third-order valence-corrected chi connectivity index (χ3v) is 4.60. The first-order valence-corrected chi connectivity index (χ1v) is 9.69. The van der Waals surface area contributed by atoms with E-state index in [2.05, 4.69) is 0 Å². The fraction of sp³-hybridized carbons (Fsp3) is 0.545. The Morgan fingerprint density at radius 1 is 1.19 bits per heavy atom. The maximum absolute atomic E-state index is 12.1. The fourth-order valence-electron chi connectivity index (χ4n) is 3.10. The molecular formula is C22H32O5. The molecule has 0 aromatic rings. The molecule has 1 aliphatic rings. The number of carboxylic acid groups (broad SMARTS) is 1. The predicted molar refractivity (Wildman–Crippen MR) is 106 cm³/mol. The van der Waals surface area contributed by atoms with Crippen LogP contribution in [0.4, 0.5) is 0 Å². The third kappa shape index (κ3) is 9.50. The largest absolute Gasteiger partial charge is 0.481 e. The summed E-state index contributed by atoms with van der Waals surface area (Å²) in [7, 11) is 0. The van der Waals surface area contributed by atoms with Gasteiger partial charge in [-0.3, -0.25) is 9.59 Å². The van der Waals surface area contributed by atoms with E-state index in [1.165, 1.54) is 0 Å². The summed E-state index contributed by atoms with van der Waals surface area (Å²) in [6.07, 6.45) is 17.2. The van der Waals surface area contributed by atoms with Crippen LogP contribution in [0, 0.1) is 11.8 Å². The van der Waals surface area contributed by atoms with Crippen LogP contribution in [0.15, 0.2) is 48.6 Å². The van der Waals surface area contributed by atoms with Crippen LogP contribution in [0.2, 0.25) is 0 Å². The van der Waals surface area contributed by atoms with Crippen molar-refractivity contribution in [2.75, 3.05) is 0 Å². The summed E-state index contributed by atoms with van der Waals surface area (Å²) in [6, 6.07) is 0. The molecule has 1 fully saturated rings. The summed E-state index contributed by atoms with van der Waals surface area (Å²) in [6.45, 7) is 2.03. The molecule has 5 nitrogen and oxygen atoms in total. The average Bonchev–Trinajstić information content (AvgIpc) is 2.88. The number of carbonyl (C=O) groups is 2. The number of hydrogen-bond donors (Lipinski definition) is 3. The van der Waals surface area contributed by atoms with Crippen LogP contribution in [0.3, 0.4) is 0 Å². The molecule has 0 unspecified atom stereocenters. The predicted octanol–water partition coefficient (Wildman–Crippen LogP) is 3.58. The first kappa shape index (κ1) is 23.1. The number of aliphatic hydroxyl groups excluding tert-OH is 2. The van der Waals surface area contributed by atoms with Crippen LogP contribution in [0.25, 0.3) is 0 Å². The number of carboxylic acids is 1. The van der Waals surface area contributed by atoms with Crippen LogP contribution in [-0.2, 0) is 9.59 Å². The standard InChI is InChI=1S/C22H32O5/c1-2-3-8-11-17(23)14-15-19-18(20(24)16-21(19)25)12-9-6-4-5-7-10-13-22(26)27/h3,5-9,14-15,17-20,23-24H,2,4,10-13,16H2,1H3,(H,26,27)/b7-5-,8-3-,9-6-,15-14+/t17-,18+,19+,20-/m0/s1. The first-order chi connectivity index (χ1) is 13.0. The van der Waals surface area contributed by atoms with E-state index < -0.39 is 18.2 Å². The Morgan fingerprint density at radius 3 is 2.63 bits per heavy atom. The maximum Gasteiger partial charge on any atom is 0.303 e. The SMILES string of the molecule is CC/C=C\C[C@H](O)/C=C/[C@H]1C(=O)C[C@H](O)[C@@H]1C/C=C\C/C=C\CCC(=O)O. The quantitative estimate of drug-likeness (QED) is 0.453.